The molecule has 1 saturated carbocycles. The fraction of sp³-hybridized carbons (Fsp3) is 0.480. The number of carbonyl (C=O) groups is 2. The first-order valence-electron chi connectivity index (χ1n) is 12.6. The van der Waals surface area contributed by atoms with Crippen LogP contribution in [0.5, 0.6) is 0 Å². The van der Waals surface area contributed by atoms with Crippen LogP contribution in [-0.2, 0) is 9.59 Å². The van der Waals surface area contributed by atoms with E-state index in [9.17, 15) is 47.3 Å². The maximum absolute atomic E-state index is 13.8. The molecule has 7 nitrogen and oxygen atoms in total. The van der Waals surface area contributed by atoms with Crippen LogP contribution in [0.4, 0.5) is 38.3 Å². The van der Waals surface area contributed by atoms with Crippen molar-refractivity contribution in [3.63, 3.8) is 0 Å². The maximum Gasteiger partial charge on any atom is 0.310 e. The molecule has 228 valence electrons. The zero-order valence-corrected chi connectivity index (χ0v) is 22.4. The van der Waals surface area contributed by atoms with Gasteiger partial charge in [0.1, 0.15) is 10.9 Å². The van der Waals surface area contributed by atoms with E-state index in [4.69, 9.17) is 0 Å². The zero-order valence-electron chi connectivity index (χ0n) is 21.6. The first-order valence-corrected chi connectivity index (χ1v) is 14.5. The summed E-state index contributed by atoms with van der Waals surface area (Å²) >= 11 is 0. The van der Waals surface area contributed by atoms with Crippen LogP contribution < -0.4 is 15.5 Å². The predicted molar refractivity (Wildman–Crippen MR) is 135 cm³/mol. The summed E-state index contributed by atoms with van der Waals surface area (Å²) in [7, 11) is -10.1. The van der Waals surface area contributed by atoms with E-state index in [1.54, 1.807) is 0 Å². The van der Waals surface area contributed by atoms with E-state index in [2.05, 4.69) is 15.6 Å². The number of carbonyl (C=O) groups excluding carboxylic acids is 2. The second kappa shape index (κ2) is 9.80. The zero-order chi connectivity index (χ0) is 30.5. The maximum atomic E-state index is 13.8. The van der Waals surface area contributed by atoms with Crippen molar-refractivity contribution in [1.82, 2.24) is 15.6 Å². The summed E-state index contributed by atoms with van der Waals surface area (Å²) in [6.45, 7) is 1.37. The van der Waals surface area contributed by atoms with Crippen LogP contribution in [0.2, 0.25) is 0 Å². The standard InChI is InChI=1S/C25H28F8N4O3S/c1-24(40)12-19(35-14-24)23(39)37(17-3-5-18(6-4-17)41(29,30,31,32)33)21(15-2-7-20(26)34-13-15)22(38)36-16-8-10-25(27,28)11-9-16/h2-7,13,16,19,21,35,40H,8-12,14H2,1H3,(H,36,38). The smallest absolute Gasteiger partial charge is 0.310 e. The van der Waals surface area contributed by atoms with Crippen molar-refractivity contribution in [2.75, 3.05) is 11.4 Å². The Balaban J connectivity index is 1.78. The molecule has 2 aromatic rings. The van der Waals surface area contributed by atoms with E-state index in [-0.39, 0.29) is 43.5 Å². The number of aromatic nitrogens is 1. The predicted octanol–water partition coefficient (Wildman–Crippen LogP) is 5.76. The Morgan fingerprint density at radius 2 is 1.68 bits per heavy atom. The van der Waals surface area contributed by atoms with Gasteiger partial charge in [0.05, 0.1) is 11.6 Å². The number of nitrogens with one attached hydrogen (secondary N) is 2. The number of β-amino-alcohol motifs (C(OH)–C–C–N with tert-alkyl or cyclic N) is 1. The molecule has 2 aliphatic rings. The number of hydrogen-bond donors (Lipinski definition) is 3. The Morgan fingerprint density at radius 1 is 1.07 bits per heavy atom. The van der Waals surface area contributed by atoms with Crippen molar-refractivity contribution in [2.24, 2.45) is 0 Å². The normalized spacial score (nSPS) is 25.6. The van der Waals surface area contributed by atoms with Gasteiger partial charge in [0, 0.05) is 49.3 Å². The summed E-state index contributed by atoms with van der Waals surface area (Å²) in [5.41, 5.74) is -1.85. The van der Waals surface area contributed by atoms with Gasteiger partial charge in [-0.05, 0) is 50.1 Å². The molecular formula is C25H28F8N4O3S. The first-order chi connectivity index (χ1) is 18.6. The van der Waals surface area contributed by atoms with E-state index in [1.807, 2.05) is 0 Å². The number of anilines is 1. The van der Waals surface area contributed by atoms with E-state index >= 15 is 0 Å². The second-order valence-corrected chi connectivity index (χ2v) is 13.2. The summed E-state index contributed by atoms with van der Waals surface area (Å²) in [5.74, 6) is -5.72. The molecule has 16 heteroatoms. The molecule has 0 radical (unpaired) electrons. The summed E-state index contributed by atoms with van der Waals surface area (Å²) in [4.78, 5) is 29.5. The third-order valence-corrected chi connectivity index (χ3v) is 8.27. The van der Waals surface area contributed by atoms with Crippen molar-refractivity contribution >= 4 is 27.7 Å². The van der Waals surface area contributed by atoms with Crippen molar-refractivity contribution in [3.8, 4) is 0 Å². The third-order valence-electron chi connectivity index (χ3n) is 7.11. The summed E-state index contributed by atoms with van der Waals surface area (Å²) in [6.07, 6.45) is -0.490. The molecule has 1 aromatic carbocycles. The van der Waals surface area contributed by atoms with Crippen LogP contribution in [0.25, 0.3) is 0 Å². The molecular weight excluding hydrogens is 588 g/mol. The molecule has 0 bridgehead atoms. The number of benzene rings is 1. The fourth-order valence-electron chi connectivity index (χ4n) is 4.97. The van der Waals surface area contributed by atoms with E-state index < -0.39 is 81.1 Å². The average Bonchev–Trinajstić information content (AvgIpc) is 3.22. The summed E-state index contributed by atoms with van der Waals surface area (Å²) in [5, 5.41) is 15.7. The number of pyridine rings is 1. The lowest BCUT2D eigenvalue weighted by atomic mass is 9.91. The minimum absolute atomic E-state index is 0.0499. The first kappa shape index (κ1) is 31.0. The molecule has 41 heavy (non-hydrogen) atoms. The van der Waals surface area contributed by atoms with Gasteiger partial charge in [-0.3, -0.25) is 14.5 Å². The van der Waals surface area contributed by atoms with Gasteiger partial charge < -0.3 is 15.7 Å². The summed E-state index contributed by atoms with van der Waals surface area (Å²) < 4.78 is 108. The van der Waals surface area contributed by atoms with Gasteiger partial charge in [-0.1, -0.05) is 25.5 Å². The quantitative estimate of drug-likeness (QED) is 0.272. The Morgan fingerprint density at radius 3 is 2.17 bits per heavy atom. The molecule has 1 saturated heterocycles. The van der Waals surface area contributed by atoms with Crippen molar-refractivity contribution in [1.29, 1.82) is 0 Å². The van der Waals surface area contributed by atoms with Crippen molar-refractivity contribution in [3.05, 3.63) is 54.1 Å². The Hall–Kier alpha value is -2.98. The van der Waals surface area contributed by atoms with Gasteiger partial charge in [-0.15, -0.1) is 0 Å². The van der Waals surface area contributed by atoms with Crippen molar-refractivity contribution < 1.29 is 47.3 Å². The second-order valence-electron chi connectivity index (χ2n) is 10.8. The molecule has 0 spiro atoms. The van der Waals surface area contributed by atoms with Crippen LogP contribution in [0.3, 0.4) is 0 Å². The highest BCUT2D eigenvalue weighted by atomic mass is 32.5. The Bertz CT molecular complexity index is 1300. The number of alkyl halides is 2. The molecule has 2 heterocycles. The van der Waals surface area contributed by atoms with Gasteiger partial charge in [-0.25, -0.2) is 13.8 Å². The van der Waals surface area contributed by atoms with Gasteiger partial charge in [0.2, 0.25) is 23.7 Å². The number of amides is 2. The highest BCUT2D eigenvalue weighted by Crippen LogP contribution is 3.02. The Labute approximate surface area is 230 Å². The van der Waals surface area contributed by atoms with Gasteiger partial charge in [0.25, 0.3) is 0 Å². The number of aliphatic hydroxyl groups is 1. The number of hydrogen-bond acceptors (Lipinski definition) is 5. The van der Waals surface area contributed by atoms with E-state index in [1.165, 1.54) is 6.92 Å². The molecule has 3 N–H and O–H groups in total. The molecule has 1 aliphatic carbocycles. The van der Waals surface area contributed by atoms with E-state index in [0.29, 0.717) is 12.1 Å². The van der Waals surface area contributed by atoms with Gasteiger partial charge >= 0.3 is 10.2 Å². The summed E-state index contributed by atoms with van der Waals surface area (Å²) in [6, 6.07) is -0.303. The molecule has 4 rings (SSSR count). The molecule has 2 fully saturated rings. The lowest BCUT2D eigenvalue weighted by Gasteiger charge is -2.41. The highest BCUT2D eigenvalue weighted by molar-refractivity contribution is 8.45. The fourth-order valence-corrected chi connectivity index (χ4v) is 5.62. The minimum Gasteiger partial charge on any atom is -0.389 e. The minimum atomic E-state index is -10.1. The SMILES string of the molecule is CC1(O)CNC(C(=O)N(c2ccc(S(F)(F)(F)(F)F)cc2)C(C(=O)NC2CCC(F)(F)CC2)c2ccc(F)nc2)C1. The van der Waals surface area contributed by atoms with Crippen LogP contribution in [0.15, 0.2) is 47.5 Å². The number of halogens is 8. The third kappa shape index (κ3) is 7.46. The van der Waals surface area contributed by atoms with Gasteiger partial charge in [-0.2, -0.15) is 4.39 Å². The monoisotopic (exact) mass is 616 g/mol. The molecule has 3 unspecified atom stereocenters. The van der Waals surface area contributed by atoms with Crippen LogP contribution >= 0.6 is 10.2 Å². The van der Waals surface area contributed by atoms with Gasteiger partial charge in [0.15, 0.2) is 0 Å². The highest BCUT2D eigenvalue weighted by Gasteiger charge is 2.65. The van der Waals surface area contributed by atoms with E-state index in [0.717, 1.165) is 23.2 Å². The lowest BCUT2D eigenvalue weighted by Crippen LogP contribution is -2.52. The van der Waals surface area contributed by atoms with Crippen molar-refractivity contribution in [2.45, 2.75) is 73.6 Å². The van der Waals surface area contributed by atoms with Crippen LogP contribution in [0.1, 0.15) is 50.6 Å². The largest absolute Gasteiger partial charge is 0.389 e. The van der Waals surface area contributed by atoms with Crippen LogP contribution in [0, 0.1) is 5.95 Å². The number of nitrogens with zero attached hydrogens (tertiary/aromatic N) is 2. The lowest BCUT2D eigenvalue weighted by molar-refractivity contribution is -0.128. The molecule has 1 aromatic heterocycles. The number of rotatable bonds is 7. The molecule has 1 aliphatic heterocycles. The molecule has 2 amide bonds. The van der Waals surface area contributed by atoms with Crippen LogP contribution in [-0.4, -0.2) is 52.1 Å². The Kier molecular flexibility index (Phi) is 7.40. The molecule has 3 atom stereocenters. The average molecular weight is 617 g/mol. The topological polar surface area (TPSA) is 94.6 Å².